The largest absolute Gasteiger partial charge is 0.490 e. The van der Waals surface area contributed by atoms with Crippen LogP contribution in [0.25, 0.3) is 0 Å². The Morgan fingerprint density at radius 2 is 1.91 bits per heavy atom. The smallest absolute Gasteiger partial charge is 0.350 e. The van der Waals surface area contributed by atoms with Crippen LogP contribution < -0.4 is 10.1 Å². The van der Waals surface area contributed by atoms with E-state index in [0.29, 0.717) is 23.1 Å². The van der Waals surface area contributed by atoms with E-state index in [9.17, 15) is 9.59 Å². The van der Waals surface area contributed by atoms with E-state index in [1.165, 1.54) is 20.0 Å². The number of carbonyl (C=O) groups is 2. The van der Waals surface area contributed by atoms with Gasteiger partial charge in [0.15, 0.2) is 11.3 Å². The molecule has 1 heterocycles. The normalized spacial score (nSPS) is 16.4. The predicted molar refractivity (Wildman–Crippen MR) is 85.2 cm³/mol. The molecule has 1 N–H and O–H groups in total. The number of ether oxygens (including phenoxy) is 3. The van der Waals surface area contributed by atoms with E-state index in [1.54, 1.807) is 18.2 Å². The molecule has 1 aromatic carbocycles. The van der Waals surface area contributed by atoms with Crippen molar-refractivity contribution in [2.45, 2.75) is 33.0 Å². The first kappa shape index (κ1) is 17.1. The average Bonchev–Trinajstić information content (AvgIpc) is 2.44. The van der Waals surface area contributed by atoms with Gasteiger partial charge in [-0.25, -0.2) is 9.59 Å². The molecule has 0 aliphatic carbocycles. The summed E-state index contributed by atoms with van der Waals surface area (Å²) >= 11 is 6.11. The second-order valence-corrected chi connectivity index (χ2v) is 5.75. The summed E-state index contributed by atoms with van der Waals surface area (Å²) in [6.45, 7) is 5.44. The summed E-state index contributed by atoms with van der Waals surface area (Å²) in [4.78, 5) is 23.8. The van der Waals surface area contributed by atoms with E-state index in [1.807, 2.05) is 6.92 Å². The Morgan fingerprint density at radius 3 is 2.52 bits per heavy atom. The minimum Gasteiger partial charge on any atom is -0.490 e. The number of cyclic esters (lactones) is 2. The Balaban J connectivity index is 2.21. The van der Waals surface area contributed by atoms with E-state index in [4.69, 9.17) is 25.8 Å². The van der Waals surface area contributed by atoms with Gasteiger partial charge in [0.1, 0.15) is 0 Å². The van der Waals surface area contributed by atoms with Crippen LogP contribution in [-0.4, -0.2) is 24.3 Å². The van der Waals surface area contributed by atoms with Crippen molar-refractivity contribution in [2.24, 2.45) is 0 Å². The van der Waals surface area contributed by atoms with Crippen LogP contribution in [0.3, 0.4) is 0 Å². The van der Waals surface area contributed by atoms with Gasteiger partial charge in [-0.2, -0.15) is 0 Å². The maximum absolute atomic E-state index is 11.9. The molecule has 1 aromatic rings. The fourth-order valence-corrected chi connectivity index (χ4v) is 2.13. The zero-order chi connectivity index (χ0) is 17.0. The lowest BCUT2D eigenvalue weighted by Crippen LogP contribution is -2.42. The molecular formula is C16H18ClNO5. The molecular weight excluding hydrogens is 322 g/mol. The van der Waals surface area contributed by atoms with Crippen molar-refractivity contribution in [3.63, 3.8) is 0 Å². The molecule has 0 amide bonds. The number of benzene rings is 1. The third kappa shape index (κ3) is 4.16. The Labute approximate surface area is 139 Å². The summed E-state index contributed by atoms with van der Waals surface area (Å²) in [5.41, 5.74) is 0.301. The fourth-order valence-electron chi connectivity index (χ4n) is 1.90. The Hall–Kier alpha value is -2.21. The Morgan fingerprint density at radius 1 is 1.26 bits per heavy atom. The summed E-state index contributed by atoms with van der Waals surface area (Å²) in [5, 5.41) is 3.28. The van der Waals surface area contributed by atoms with Crippen LogP contribution in [0.2, 0.25) is 5.02 Å². The molecule has 124 valence electrons. The first-order chi connectivity index (χ1) is 10.8. The zero-order valence-corrected chi connectivity index (χ0v) is 13.9. The van der Waals surface area contributed by atoms with Crippen molar-refractivity contribution in [1.29, 1.82) is 0 Å². The molecule has 1 fully saturated rings. The van der Waals surface area contributed by atoms with Gasteiger partial charge >= 0.3 is 11.9 Å². The van der Waals surface area contributed by atoms with Crippen molar-refractivity contribution in [3.05, 3.63) is 35.0 Å². The van der Waals surface area contributed by atoms with E-state index < -0.39 is 17.7 Å². The second kappa shape index (κ2) is 6.91. The molecule has 2 rings (SSSR count). The van der Waals surface area contributed by atoms with Crippen molar-refractivity contribution >= 4 is 29.2 Å². The highest BCUT2D eigenvalue weighted by molar-refractivity contribution is 6.32. The Kier molecular flexibility index (Phi) is 5.15. The summed E-state index contributed by atoms with van der Waals surface area (Å²) in [6, 6.07) is 5.14. The van der Waals surface area contributed by atoms with Crippen molar-refractivity contribution in [3.8, 4) is 5.75 Å². The molecule has 0 aromatic heterocycles. The molecule has 0 unspecified atom stereocenters. The number of rotatable bonds is 5. The second-order valence-electron chi connectivity index (χ2n) is 5.35. The van der Waals surface area contributed by atoms with E-state index in [0.717, 1.165) is 6.42 Å². The minimum absolute atomic E-state index is 0.231. The highest BCUT2D eigenvalue weighted by atomic mass is 35.5. The molecule has 0 radical (unpaired) electrons. The maximum atomic E-state index is 11.9. The van der Waals surface area contributed by atoms with Gasteiger partial charge in [0, 0.05) is 20.0 Å². The quantitative estimate of drug-likeness (QED) is 0.504. The van der Waals surface area contributed by atoms with E-state index >= 15 is 0 Å². The lowest BCUT2D eigenvalue weighted by Gasteiger charge is -2.29. The number of para-hydroxylation sites is 1. The fraction of sp³-hybridized carbons (Fsp3) is 0.375. The SMILES string of the molecule is CCCOc1c(Cl)cccc1NC=C1C(=O)OC(C)(C)OC1=O. The molecule has 23 heavy (non-hydrogen) atoms. The molecule has 0 bridgehead atoms. The lowest BCUT2D eigenvalue weighted by atomic mass is 10.2. The van der Waals surface area contributed by atoms with Crippen LogP contribution in [0.4, 0.5) is 5.69 Å². The maximum Gasteiger partial charge on any atom is 0.350 e. The van der Waals surface area contributed by atoms with E-state index in [-0.39, 0.29) is 5.57 Å². The zero-order valence-electron chi connectivity index (χ0n) is 13.1. The van der Waals surface area contributed by atoms with Crippen LogP contribution >= 0.6 is 11.6 Å². The topological polar surface area (TPSA) is 73.9 Å². The van der Waals surface area contributed by atoms with Gasteiger partial charge in [0.25, 0.3) is 5.79 Å². The summed E-state index contributed by atoms with van der Waals surface area (Å²) < 4.78 is 15.6. The summed E-state index contributed by atoms with van der Waals surface area (Å²) in [7, 11) is 0. The highest BCUT2D eigenvalue weighted by Crippen LogP contribution is 2.33. The number of nitrogens with one attached hydrogen (secondary N) is 1. The number of esters is 2. The monoisotopic (exact) mass is 339 g/mol. The number of anilines is 1. The van der Waals surface area contributed by atoms with Crippen LogP contribution in [0.15, 0.2) is 30.0 Å². The van der Waals surface area contributed by atoms with Gasteiger partial charge in [-0.05, 0) is 18.6 Å². The van der Waals surface area contributed by atoms with Gasteiger partial charge in [0.2, 0.25) is 0 Å². The van der Waals surface area contributed by atoms with Crippen molar-refractivity contribution in [2.75, 3.05) is 11.9 Å². The number of hydrogen-bond donors (Lipinski definition) is 1. The van der Waals surface area contributed by atoms with Gasteiger partial charge in [0.05, 0.1) is 17.3 Å². The van der Waals surface area contributed by atoms with Gasteiger partial charge in [-0.3, -0.25) is 0 Å². The van der Waals surface area contributed by atoms with Gasteiger partial charge < -0.3 is 19.5 Å². The minimum atomic E-state index is -1.27. The lowest BCUT2D eigenvalue weighted by molar-refractivity contribution is -0.222. The molecule has 0 spiro atoms. The molecule has 0 saturated carbocycles. The van der Waals surface area contributed by atoms with Crippen LogP contribution in [0.5, 0.6) is 5.75 Å². The van der Waals surface area contributed by atoms with Crippen molar-refractivity contribution in [1.82, 2.24) is 0 Å². The Bertz CT molecular complexity index is 632. The summed E-state index contributed by atoms with van der Waals surface area (Å²) in [5.74, 6) is -2.32. The predicted octanol–water partition coefficient (Wildman–Crippen LogP) is 3.26. The first-order valence-electron chi connectivity index (χ1n) is 7.19. The highest BCUT2D eigenvalue weighted by Gasteiger charge is 2.38. The molecule has 0 atom stereocenters. The average molecular weight is 340 g/mol. The van der Waals surface area contributed by atoms with Crippen LogP contribution in [-0.2, 0) is 19.1 Å². The first-order valence-corrected chi connectivity index (χ1v) is 7.56. The third-order valence-electron chi connectivity index (χ3n) is 2.91. The van der Waals surface area contributed by atoms with Gasteiger partial charge in [-0.15, -0.1) is 0 Å². The molecule has 6 nitrogen and oxygen atoms in total. The molecule has 7 heteroatoms. The number of carbonyl (C=O) groups excluding carboxylic acids is 2. The van der Waals surface area contributed by atoms with Crippen LogP contribution in [0.1, 0.15) is 27.2 Å². The van der Waals surface area contributed by atoms with E-state index in [2.05, 4.69) is 5.32 Å². The molecule has 1 saturated heterocycles. The van der Waals surface area contributed by atoms with Crippen LogP contribution in [0, 0.1) is 0 Å². The van der Waals surface area contributed by atoms with Gasteiger partial charge in [-0.1, -0.05) is 24.6 Å². The molecule has 1 aliphatic heterocycles. The molecule has 1 aliphatic rings. The number of halogens is 1. The number of hydrogen-bond acceptors (Lipinski definition) is 6. The van der Waals surface area contributed by atoms with Crippen molar-refractivity contribution < 1.29 is 23.8 Å². The standard InChI is InChI=1S/C16H18ClNO5/c1-4-8-21-13-11(17)6-5-7-12(13)18-9-10-14(19)22-16(2,3)23-15(10)20/h5-7,9,18H,4,8H2,1-3H3. The summed E-state index contributed by atoms with van der Waals surface area (Å²) in [6.07, 6.45) is 2.05. The third-order valence-corrected chi connectivity index (χ3v) is 3.20.